The van der Waals surface area contributed by atoms with Crippen molar-refractivity contribution in [2.75, 3.05) is 60.0 Å². The van der Waals surface area contributed by atoms with Crippen LogP contribution in [0.3, 0.4) is 0 Å². The second kappa shape index (κ2) is 14.0. The maximum atomic E-state index is 12.8. The van der Waals surface area contributed by atoms with E-state index in [2.05, 4.69) is 32.5 Å². The summed E-state index contributed by atoms with van der Waals surface area (Å²) in [5.41, 5.74) is 0.612. The van der Waals surface area contributed by atoms with Gasteiger partial charge in [0.25, 0.3) is 0 Å². The number of hydrogen-bond acceptors (Lipinski definition) is 5. The molecule has 0 unspecified atom stereocenters. The third-order valence-corrected chi connectivity index (χ3v) is 5.15. The lowest BCUT2D eigenvalue weighted by molar-refractivity contribution is -0.0505. The Labute approximate surface area is 184 Å². The van der Waals surface area contributed by atoms with E-state index in [0.717, 1.165) is 52.1 Å². The van der Waals surface area contributed by atoms with Gasteiger partial charge in [-0.25, -0.2) is 0 Å². The molecule has 1 aliphatic rings. The zero-order valence-electron chi connectivity index (χ0n) is 19.0. The molecular formula is C22H37F2N5O2. The minimum atomic E-state index is -2.89. The van der Waals surface area contributed by atoms with Gasteiger partial charge in [-0.1, -0.05) is 6.92 Å². The average Bonchev–Trinajstić information content (AvgIpc) is 2.96. The molecule has 1 aliphatic heterocycles. The second-order valence-electron chi connectivity index (χ2n) is 7.70. The highest BCUT2D eigenvalue weighted by molar-refractivity contribution is 5.79. The van der Waals surface area contributed by atoms with Gasteiger partial charge in [0.15, 0.2) is 5.96 Å². The molecule has 31 heavy (non-hydrogen) atoms. The normalized spacial score (nSPS) is 16.3. The Kier molecular flexibility index (Phi) is 11.4. The van der Waals surface area contributed by atoms with Crippen molar-refractivity contribution in [3.05, 3.63) is 23.8 Å². The molecule has 0 spiro atoms. The molecule has 1 heterocycles. The van der Waals surface area contributed by atoms with Crippen LogP contribution in [0.2, 0.25) is 0 Å². The van der Waals surface area contributed by atoms with Crippen LogP contribution in [0.15, 0.2) is 23.2 Å². The highest BCUT2D eigenvalue weighted by atomic mass is 19.3. The first-order valence-electron chi connectivity index (χ1n) is 11.1. The van der Waals surface area contributed by atoms with Gasteiger partial charge in [-0.3, -0.25) is 4.99 Å². The maximum Gasteiger partial charge on any atom is 0.387 e. The van der Waals surface area contributed by atoms with Crippen LogP contribution >= 0.6 is 0 Å². The monoisotopic (exact) mass is 441 g/mol. The second-order valence-corrected chi connectivity index (χ2v) is 7.70. The van der Waals surface area contributed by atoms with Crippen molar-refractivity contribution >= 4 is 5.96 Å². The number of guanidine groups is 1. The molecule has 0 saturated carbocycles. The number of ether oxygens (including phenoxy) is 2. The number of rotatable bonds is 11. The van der Waals surface area contributed by atoms with Gasteiger partial charge >= 0.3 is 6.61 Å². The van der Waals surface area contributed by atoms with Crippen molar-refractivity contribution in [3.63, 3.8) is 0 Å². The molecule has 1 fully saturated rings. The molecule has 9 heteroatoms. The molecule has 0 bridgehead atoms. The summed E-state index contributed by atoms with van der Waals surface area (Å²) >= 11 is 0. The predicted molar refractivity (Wildman–Crippen MR) is 120 cm³/mol. The lowest BCUT2D eigenvalue weighted by atomic mass is 10.2. The van der Waals surface area contributed by atoms with Crippen molar-refractivity contribution in [2.45, 2.75) is 39.3 Å². The van der Waals surface area contributed by atoms with Gasteiger partial charge in [0, 0.05) is 44.9 Å². The molecule has 0 radical (unpaired) electrons. The molecule has 2 rings (SSSR count). The zero-order valence-corrected chi connectivity index (χ0v) is 19.0. The molecule has 0 aromatic heterocycles. The van der Waals surface area contributed by atoms with E-state index in [0.29, 0.717) is 30.4 Å². The summed E-state index contributed by atoms with van der Waals surface area (Å²) in [6.45, 7) is 6.29. The molecule has 1 aromatic carbocycles. The zero-order chi connectivity index (χ0) is 22.5. The van der Waals surface area contributed by atoms with Crippen LogP contribution in [-0.2, 0) is 6.54 Å². The Balaban J connectivity index is 1.80. The summed E-state index contributed by atoms with van der Waals surface area (Å²) in [7, 11) is 3.86. The molecule has 1 aromatic rings. The summed E-state index contributed by atoms with van der Waals surface area (Å²) in [5, 5.41) is 6.46. The number of alkyl halides is 2. The van der Waals surface area contributed by atoms with Crippen LogP contribution in [0.1, 0.15) is 31.7 Å². The number of nitrogens with zero attached hydrogens (tertiary/aromatic N) is 3. The Hall–Kier alpha value is -2.13. The number of aliphatic imine (C=N–C) groups is 1. The number of hydrogen-bond donors (Lipinski definition) is 2. The van der Waals surface area contributed by atoms with Crippen molar-refractivity contribution in [1.29, 1.82) is 0 Å². The first kappa shape index (κ1) is 25.1. The molecule has 176 valence electrons. The van der Waals surface area contributed by atoms with Gasteiger partial charge in [-0.2, -0.15) is 8.78 Å². The largest absolute Gasteiger partial charge is 0.493 e. The molecule has 0 aliphatic carbocycles. The van der Waals surface area contributed by atoms with E-state index in [4.69, 9.17) is 9.47 Å². The molecule has 7 nitrogen and oxygen atoms in total. The third-order valence-electron chi connectivity index (χ3n) is 5.15. The number of likely N-dealkylation sites (N-methyl/N-ethyl adjacent to an activating group) is 1. The van der Waals surface area contributed by atoms with Crippen LogP contribution in [0.4, 0.5) is 8.78 Å². The van der Waals surface area contributed by atoms with Gasteiger partial charge in [0.1, 0.15) is 11.5 Å². The quantitative estimate of drug-likeness (QED) is 0.313. The molecule has 2 N–H and O–H groups in total. The van der Waals surface area contributed by atoms with Gasteiger partial charge in [0.2, 0.25) is 0 Å². The van der Waals surface area contributed by atoms with Crippen molar-refractivity contribution in [3.8, 4) is 11.5 Å². The van der Waals surface area contributed by atoms with Crippen LogP contribution < -0.4 is 20.1 Å². The van der Waals surface area contributed by atoms with Crippen LogP contribution in [-0.4, -0.2) is 82.3 Å². The first-order valence-corrected chi connectivity index (χ1v) is 11.1. The lowest BCUT2D eigenvalue weighted by Gasteiger charge is -2.20. The fourth-order valence-electron chi connectivity index (χ4n) is 3.43. The van der Waals surface area contributed by atoms with Gasteiger partial charge in [-0.05, 0) is 58.1 Å². The van der Waals surface area contributed by atoms with Crippen molar-refractivity contribution in [1.82, 2.24) is 20.4 Å². The smallest absolute Gasteiger partial charge is 0.387 e. The SMILES string of the molecule is CCCOc1ccc(CNC(=NC)NCCCN2CCCN(C)CC2)c(OC(F)F)c1. The molecule has 0 atom stereocenters. The minimum absolute atomic E-state index is 0.109. The maximum absolute atomic E-state index is 12.8. The van der Waals surface area contributed by atoms with E-state index in [1.54, 1.807) is 19.2 Å². The lowest BCUT2D eigenvalue weighted by Crippen LogP contribution is -2.38. The van der Waals surface area contributed by atoms with Crippen molar-refractivity contribution < 1.29 is 18.3 Å². The van der Waals surface area contributed by atoms with Crippen molar-refractivity contribution in [2.24, 2.45) is 4.99 Å². The Morgan fingerprint density at radius 1 is 1.19 bits per heavy atom. The standard InChI is InChI=1S/C22H37F2N5O2/c1-4-15-30-19-8-7-18(20(16-19)31-21(23)24)17-27-22(25-2)26-9-5-11-29-12-6-10-28(3)13-14-29/h7-8,16,21H,4-6,9-15,17H2,1-3H3,(H2,25,26,27). The number of benzene rings is 1. The summed E-state index contributed by atoms with van der Waals surface area (Å²) in [6, 6.07) is 5.01. The topological polar surface area (TPSA) is 61.4 Å². The molecule has 0 amide bonds. The summed E-state index contributed by atoms with van der Waals surface area (Å²) in [4.78, 5) is 9.09. The fourth-order valence-corrected chi connectivity index (χ4v) is 3.43. The van der Waals surface area contributed by atoms with E-state index < -0.39 is 6.61 Å². The Bertz CT molecular complexity index is 675. The highest BCUT2D eigenvalue weighted by Crippen LogP contribution is 2.26. The fraction of sp³-hybridized carbons (Fsp3) is 0.682. The van der Waals surface area contributed by atoms with Crippen LogP contribution in [0.25, 0.3) is 0 Å². The highest BCUT2D eigenvalue weighted by Gasteiger charge is 2.13. The third kappa shape index (κ3) is 9.69. The summed E-state index contributed by atoms with van der Waals surface area (Å²) in [5.74, 6) is 1.26. The minimum Gasteiger partial charge on any atom is -0.493 e. The van der Waals surface area contributed by atoms with Crippen LogP contribution in [0, 0.1) is 0 Å². The van der Waals surface area contributed by atoms with E-state index in [9.17, 15) is 8.78 Å². The summed E-state index contributed by atoms with van der Waals surface area (Å²) in [6.07, 6.45) is 3.05. The Morgan fingerprint density at radius 2 is 2.03 bits per heavy atom. The van der Waals surface area contributed by atoms with E-state index >= 15 is 0 Å². The van der Waals surface area contributed by atoms with Gasteiger partial charge in [0.05, 0.1) is 6.61 Å². The average molecular weight is 442 g/mol. The van der Waals surface area contributed by atoms with E-state index in [1.807, 2.05) is 6.92 Å². The van der Waals surface area contributed by atoms with E-state index in [1.165, 1.54) is 12.5 Å². The Morgan fingerprint density at radius 3 is 2.77 bits per heavy atom. The number of halogens is 2. The van der Waals surface area contributed by atoms with Crippen LogP contribution in [0.5, 0.6) is 11.5 Å². The number of nitrogens with one attached hydrogen (secondary N) is 2. The first-order chi connectivity index (χ1) is 15.0. The predicted octanol–water partition coefficient (Wildman–Crippen LogP) is 2.77. The summed E-state index contributed by atoms with van der Waals surface area (Å²) < 4.78 is 35.9. The van der Waals surface area contributed by atoms with E-state index in [-0.39, 0.29) is 5.75 Å². The molecule has 1 saturated heterocycles. The van der Waals surface area contributed by atoms with Gasteiger partial charge in [-0.15, -0.1) is 0 Å². The molecular weight excluding hydrogens is 404 g/mol. The van der Waals surface area contributed by atoms with Gasteiger partial charge < -0.3 is 29.9 Å².